The number of pyridine rings is 1. The molecule has 2 aromatic heterocycles. The molecule has 3 heterocycles. The van der Waals surface area contributed by atoms with Gasteiger partial charge in [0.05, 0.1) is 6.10 Å². The van der Waals surface area contributed by atoms with E-state index in [1.54, 1.807) is 0 Å². The molecule has 2 aromatic rings. The lowest BCUT2D eigenvalue weighted by Gasteiger charge is -2.14. The standard InChI is InChI=1S/C21H29N2O2/c1-4-6-18-8-10-22(11-9-18)15-21(24)20-13-16(2)23(17(20)3)14-19-7-5-12-25-19/h8-11,13,19H,4-7,12,14-15H2,1-3H3/q+1/t19-/m0/s1. The van der Waals surface area contributed by atoms with Crippen LogP contribution in [-0.2, 0) is 24.2 Å². The summed E-state index contributed by atoms with van der Waals surface area (Å²) in [6.45, 7) is 8.40. The molecule has 4 heteroatoms. The van der Waals surface area contributed by atoms with Crippen molar-refractivity contribution in [2.24, 2.45) is 0 Å². The van der Waals surface area contributed by atoms with Crippen LogP contribution >= 0.6 is 0 Å². The van der Waals surface area contributed by atoms with E-state index >= 15 is 0 Å². The molecule has 0 radical (unpaired) electrons. The third kappa shape index (κ3) is 4.18. The smallest absolute Gasteiger partial charge is 0.229 e. The van der Waals surface area contributed by atoms with Crippen molar-refractivity contribution in [2.75, 3.05) is 6.61 Å². The third-order valence-corrected chi connectivity index (χ3v) is 5.11. The van der Waals surface area contributed by atoms with Crippen molar-refractivity contribution < 1.29 is 14.1 Å². The second-order valence-electron chi connectivity index (χ2n) is 7.08. The Morgan fingerprint density at radius 1 is 1.32 bits per heavy atom. The summed E-state index contributed by atoms with van der Waals surface area (Å²) >= 11 is 0. The number of aryl methyl sites for hydroxylation is 2. The van der Waals surface area contributed by atoms with Crippen LogP contribution in [-0.4, -0.2) is 23.1 Å². The molecule has 0 amide bonds. The molecule has 3 rings (SSSR count). The van der Waals surface area contributed by atoms with Gasteiger partial charge in [-0.25, -0.2) is 0 Å². The lowest BCUT2D eigenvalue weighted by molar-refractivity contribution is -0.683. The van der Waals surface area contributed by atoms with Gasteiger partial charge in [-0.1, -0.05) is 13.3 Å². The molecule has 0 saturated carbocycles. The normalized spacial score (nSPS) is 17.2. The Labute approximate surface area is 150 Å². The Kier molecular flexibility index (Phi) is 5.69. The topological polar surface area (TPSA) is 35.1 Å². The molecule has 0 N–H and O–H groups in total. The second kappa shape index (κ2) is 7.96. The number of aromatic nitrogens is 2. The molecule has 1 aliphatic rings. The Bertz CT molecular complexity index is 725. The van der Waals surface area contributed by atoms with E-state index in [0.29, 0.717) is 6.54 Å². The van der Waals surface area contributed by atoms with Crippen molar-refractivity contribution in [3.05, 3.63) is 53.1 Å². The highest BCUT2D eigenvalue weighted by molar-refractivity contribution is 5.96. The van der Waals surface area contributed by atoms with E-state index in [1.165, 1.54) is 5.56 Å². The SMILES string of the molecule is CCCc1cc[n+](CC(=O)c2cc(C)n(C[C@@H]3CCCO3)c2C)cc1. The number of nitrogens with zero attached hydrogens (tertiary/aromatic N) is 2. The summed E-state index contributed by atoms with van der Waals surface area (Å²) in [6.07, 6.45) is 8.77. The van der Waals surface area contributed by atoms with E-state index in [-0.39, 0.29) is 11.9 Å². The van der Waals surface area contributed by atoms with Gasteiger partial charge in [0.25, 0.3) is 0 Å². The summed E-state index contributed by atoms with van der Waals surface area (Å²) in [7, 11) is 0. The predicted molar refractivity (Wildman–Crippen MR) is 97.8 cm³/mol. The van der Waals surface area contributed by atoms with Crippen molar-refractivity contribution >= 4 is 5.78 Å². The van der Waals surface area contributed by atoms with Crippen LogP contribution in [0, 0.1) is 13.8 Å². The van der Waals surface area contributed by atoms with E-state index in [9.17, 15) is 4.79 Å². The second-order valence-corrected chi connectivity index (χ2v) is 7.08. The maximum Gasteiger partial charge on any atom is 0.229 e. The zero-order valence-electron chi connectivity index (χ0n) is 15.6. The number of rotatable bonds is 7. The van der Waals surface area contributed by atoms with Gasteiger partial charge in [-0.05, 0) is 44.7 Å². The number of ketones is 1. The first-order valence-electron chi connectivity index (χ1n) is 9.38. The molecule has 0 spiro atoms. The van der Waals surface area contributed by atoms with E-state index in [0.717, 1.165) is 55.8 Å². The fourth-order valence-electron chi connectivity index (χ4n) is 3.66. The number of Topliss-reactive ketones (excluding diaryl/α,β-unsaturated/α-hetero) is 1. The van der Waals surface area contributed by atoms with Crippen LogP contribution in [0.2, 0.25) is 0 Å². The maximum atomic E-state index is 12.8. The van der Waals surface area contributed by atoms with Gasteiger partial charge in [-0.2, -0.15) is 4.57 Å². The summed E-state index contributed by atoms with van der Waals surface area (Å²) in [5, 5.41) is 0. The Morgan fingerprint density at radius 3 is 2.72 bits per heavy atom. The molecule has 0 bridgehead atoms. The van der Waals surface area contributed by atoms with Gasteiger partial charge in [0, 0.05) is 42.2 Å². The van der Waals surface area contributed by atoms with Gasteiger partial charge in [0.1, 0.15) is 0 Å². The van der Waals surface area contributed by atoms with Crippen LogP contribution in [0.4, 0.5) is 0 Å². The highest BCUT2D eigenvalue weighted by Crippen LogP contribution is 2.20. The van der Waals surface area contributed by atoms with Gasteiger partial charge in [-0.15, -0.1) is 0 Å². The summed E-state index contributed by atoms with van der Waals surface area (Å²) in [5.41, 5.74) is 4.35. The van der Waals surface area contributed by atoms with Gasteiger partial charge in [-0.3, -0.25) is 4.79 Å². The number of carbonyl (C=O) groups excluding carboxylic acids is 1. The van der Waals surface area contributed by atoms with Crippen molar-refractivity contribution in [1.29, 1.82) is 0 Å². The highest BCUT2D eigenvalue weighted by Gasteiger charge is 2.22. The molecule has 0 aromatic carbocycles. The molecular formula is C21H29N2O2+. The lowest BCUT2D eigenvalue weighted by Crippen LogP contribution is -2.37. The van der Waals surface area contributed by atoms with E-state index in [1.807, 2.05) is 30.0 Å². The van der Waals surface area contributed by atoms with Crippen LogP contribution < -0.4 is 4.57 Å². The lowest BCUT2D eigenvalue weighted by atomic mass is 10.1. The van der Waals surface area contributed by atoms with Gasteiger partial charge < -0.3 is 9.30 Å². The van der Waals surface area contributed by atoms with Gasteiger partial charge in [0.2, 0.25) is 12.3 Å². The van der Waals surface area contributed by atoms with Crippen LogP contribution in [0.25, 0.3) is 0 Å². The molecule has 1 aliphatic heterocycles. The molecule has 4 nitrogen and oxygen atoms in total. The zero-order chi connectivity index (χ0) is 17.8. The predicted octanol–water partition coefficient (Wildman–Crippen LogP) is 3.41. The first-order chi connectivity index (χ1) is 12.1. The molecular weight excluding hydrogens is 312 g/mol. The molecule has 0 unspecified atom stereocenters. The number of hydrogen-bond donors (Lipinski definition) is 0. The molecule has 1 fully saturated rings. The third-order valence-electron chi connectivity index (χ3n) is 5.11. The van der Waals surface area contributed by atoms with Crippen LogP contribution in [0.1, 0.15) is 53.5 Å². The quantitative estimate of drug-likeness (QED) is 0.571. The van der Waals surface area contributed by atoms with Crippen molar-refractivity contribution in [3.63, 3.8) is 0 Å². The Hall–Kier alpha value is -1.94. The van der Waals surface area contributed by atoms with E-state index in [2.05, 4.69) is 30.5 Å². The van der Waals surface area contributed by atoms with Gasteiger partial charge in [0.15, 0.2) is 12.4 Å². The fourth-order valence-corrected chi connectivity index (χ4v) is 3.66. The summed E-state index contributed by atoms with van der Waals surface area (Å²) in [4.78, 5) is 12.8. The molecule has 1 saturated heterocycles. The first-order valence-corrected chi connectivity index (χ1v) is 9.38. The first kappa shape index (κ1) is 17.9. The average Bonchev–Trinajstić information content (AvgIpc) is 3.20. The minimum atomic E-state index is 0.167. The van der Waals surface area contributed by atoms with Crippen molar-refractivity contribution in [3.8, 4) is 0 Å². The van der Waals surface area contributed by atoms with Gasteiger partial charge >= 0.3 is 0 Å². The average molecular weight is 341 g/mol. The maximum absolute atomic E-state index is 12.8. The minimum Gasteiger partial charge on any atom is -0.376 e. The Morgan fingerprint density at radius 2 is 2.08 bits per heavy atom. The fraction of sp³-hybridized carbons (Fsp3) is 0.524. The van der Waals surface area contributed by atoms with Crippen molar-refractivity contribution in [2.45, 2.75) is 65.6 Å². The van der Waals surface area contributed by atoms with Crippen molar-refractivity contribution in [1.82, 2.24) is 4.57 Å². The molecule has 134 valence electrons. The monoisotopic (exact) mass is 341 g/mol. The largest absolute Gasteiger partial charge is 0.376 e. The number of hydrogen-bond acceptors (Lipinski definition) is 2. The summed E-state index contributed by atoms with van der Waals surface area (Å²) < 4.78 is 9.95. The molecule has 1 atom stereocenters. The molecule has 0 aliphatic carbocycles. The number of ether oxygens (including phenoxy) is 1. The van der Waals surface area contributed by atoms with E-state index < -0.39 is 0 Å². The van der Waals surface area contributed by atoms with Crippen LogP contribution in [0.15, 0.2) is 30.6 Å². The molecule has 25 heavy (non-hydrogen) atoms. The van der Waals surface area contributed by atoms with Crippen LogP contribution in [0.3, 0.4) is 0 Å². The highest BCUT2D eigenvalue weighted by atomic mass is 16.5. The van der Waals surface area contributed by atoms with E-state index in [4.69, 9.17) is 4.74 Å². The minimum absolute atomic E-state index is 0.167. The Balaban J connectivity index is 1.71. The zero-order valence-corrected chi connectivity index (χ0v) is 15.6. The number of carbonyl (C=O) groups is 1. The summed E-state index contributed by atoms with van der Waals surface area (Å²) in [6, 6.07) is 6.24. The van der Waals surface area contributed by atoms with Crippen LogP contribution in [0.5, 0.6) is 0 Å². The summed E-state index contributed by atoms with van der Waals surface area (Å²) in [5.74, 6) is 0.167.